The summed E-state index contributed by atoms with van der Waals surface area (Å²) in [7, 11) is 0. The second-order valence-corrected chi connectivity index (χ2v) is 4.97. The molecule has 1 nitrogen and oxygen atoms in total. The molecule has 1 heterocycles. The zero-order valence-electron chi connectivity index (χ0n) is 7.88. The predicted molar refractivity (Wildman–Crippen MR) is 61.2 cm³/mol. The maximum Gasteiger partial charge on any atom is 0.0934 e. The molecular formula is C10H14ClNS. The molecule has 0 aliphatic carbocycles. The summed E-state index contributed by atoms with van der Waals surface area (Å²) in [5.74, 6) is 0.505. The van der Waals surface area contributed by atoms with E-state index in [1.165, 1.54) is 10.5 Å². The minimum atomic E-state index is 0.505. The minimum absolute atomic E-state index is 0.505. The predicted octanol–water partition coefficient (Wildman–Crippen LogP) is 3.40. The third-order valence-corrected chi connectivity index (χ3v) is 3.08. The summed E-state index contributed by atoms with van der Waals surface area (Å²) < 4.78 is 0.825. The molecule has 1 rings (SSSR count). The molecule has 0 unspecified atom stereocenters. The summed E-state index contributed by atoms with van der Waals surface area (Å²) in [5, 5.41) is 0. The molecule has 0 spiro atoms. The summed E-state index contributed by atoms with van der Waals surface area (Å²) in [5.41, 5.74) is 6.89. The Kier molecular flexibility index (Phi) is 3.97. The maximum absolute atomic E-state index is 5.82. The van der Waals surface area contributed by atoms with Gasteiger partial charge in [-0.1, -0.05) is 31.0 Å². The van der Waals surface area contributed by atoms with Gasteiger partial charge in [0.2, 0.25) is 0 Å². The first-order chi connectivity index (χ1) is 6.13. The van der Waals surface area contributed by atoms with Gasteiger partial charge in [-0.2, -0.15) is 0 Å². The number of hydrogen-bond acceptors (Lipinski definition) is 2. The largest absolute Gasteiger partial charge is 0.327 e. The fraction of sp³-hybridized carbons (Fsp3) is 0.400. The lowest BCUT2D eigenvalue weighted by Gasteiger charge is -2.07. The molecule has 0 atom stereocenters. The Labute approximate surface area is 88.2 Å². The molecule has 0 saturated carbocycles. The second-order valence-electron chi connectivity index (χ2n) is 3.22. The number of rotatable bonds is 3. The summed E-state index contributed by atoms with van der Waals surface area (Å²) in [6.45, 7) is 4.91. The van der Waals surface area contributed by atoms with Crippen LogP contribution in [-0.2, 0) is 0 Å². The van der Waals surface area contributed by atoms with Crippen molar-refractivity contribution in [1.82, 2.24) is 0 Å². The number of nitrogens with two attached hydrogens (primary N) is 1. The van der Waals surface area contributed by atoms with Crippen molar-refractivity contribution in [2.24, 2.45) is 11.7 Å². The van der Waals surface area contributed by atoms with Crippen LogP contribution in [0.5, 0.6) is 0 Å². The first-order valence-corrected chi connectivity index (χ1v) is 5.48. The van der Waals surface area contributed by atoms with E-state index in [1.54, 1.807) is 11.3 Å². The van der Waals surface area contributed by atoms with Crippen LogP contribution in [0.2, 0.25) is 4.34 Å². The molecule has 0 radical (unpaired) electrons. The van der Waals surface area contributed by atoms with Crippen molar-refractivity contribution in [2.75, 3.05) is 6.54 Å². The van der Waals surface area contributed by atoms with Gasteiger partial charge in [0, 0.05) is 11.4 Å². The Bertz CT molecular complexity index is 302. The van der Waals surface area contributed by atoms with E-state index < -0.39 is 0 Å². The van der Waals surface area contributed by atoms with Gasteiger partial charge in [0.15, 0.2) is 0 Å². The summed E-state index contributed by atoms with van der Waals surface area (Å²) in [6, 6.07) is 3.93. The fourth-order valence-electron chi connectivity index (χ4n) is 1.05. The summed E-state index contributed by atoms with van der Waals surface area (Å²) >= 11 is 7.41. The molecular weight excluding hydrogens is 202 g/mol. The van der Waals surface area contributed by atoms with Gasteiger partial charge in [0.1, 0.15) is 0 Å². The lowest BCUT2D eigenvalue weighted by atomic mass is 10.0. The van der Waals surface area contributed by atoms with E-state index in [-0.39, 0.29) is 0 Å². The van der Waals surface area contributed by atoms with E-state index in [4.69, 9.17) is 17.3 Å². The Morgan fingerprint density at radius 1 is 1.62 bits per heavy atom. The zero-order chi connectivity index (χ0) is 9.84. The van der Waals surface area contributed by atoms with Gasteiger partial charge in [0.05, 0.1) is 4.34 Å². The average molecular weight is 216 g/mol. The third kappa shape index (κ3) is 3.14. The summed E-state index contributed by atoms with van der Waals surface area (Å²) in [6.07, 6.45) is 2.13. The number of hydrogen-bond donors (Lipinski definition) is 1. The van der Waals surface area contributed by atoms with Crippen molar-refractivity contribution in [3.8, 4) is 0 Å². The fourth-order valence-corrected chi connectivity index (χ4v) is 2.09. The zero-order valence-corrected chi connectivity index (χ0v) is 9.45. The smallest absolute Gasteiger partial charge is 0.0934 e. The Hall–Kier alpha value is -0.310. The lowest BCUT2D eigenvalue weighted by molar-refractivity contribution is 0.753. The van der Waals surface area contributed by atoms with Gasteiger partial charge < -0.3 is 5.73 Å². The number of thiophene rings is 1. The Morgan fingerprint density at radius 2 is 2.31 bits per heavy atom. The molecule has 0 bridgehead atoms. The van der Waals surface area contributed by atoms with Crippen LogP contribution in [0, 0.1) is 5.92 Å². The third-order valence-electron chi connectivity index (χ3n) is 1.90. The minimum Gasteiger partial charge on any atom is -0.327 e. The van der Waals surface area contributed by atoms with Crippen molar-refractivity contribution >= 4 is 29.0 Å². The molecule has 3 heteroatoms. The van der Waals surface area contributed by atoms with Crippen LogP contribution in [0.25, 0.3) is 6.08 Å². The second kappa shape index (κ2) is 4.80. The molecule has 72 valence electrons. The molecule has 0 fully saturated rings. The van der Waals surface area contributed by atoms with E-state index in [0.717, 1.165) is 4.34 Å². The van der Waals surface area contributed by atoms with Crippen LogP contribution in [0.3, 0.4) is 0 Å². The van der Waals surface area contributed by atoms with Crippen molar-refractivity contribution in [2.45, 2.75) is 13.8 Å². The highest BCUT2D eigenvalue weighted by molar-refractivity contribution is 7.17. The lowest BCUT2D eigenvalue weighted by Crippen LogP contribution is -2.07. The molecule has 0 amide bonds. The van der Waals surface area contributed by atoms with E-state index in [0.29, 0.717) is 12.5 Å². The van der Waals surface area contributed by atoms with Gasteiger partial charge in [-0.15, -0.1) is 11.3 Å². The van der Waals surface area contributed by atoms with Crippen LogP contribution in [0.1, 0.15) is 18.7 Å². The van der Waals surface area contributed by atoms with Crippen molar-refractivity contribution in [3.63, 3.8) is 0 Å². The highest BCUT2D eigenvalue weighted by Crippen LogP contribution is 2.24. The normalized spacial score (nSPS) is 12.5. The van der Waals surface area contributed by atoms with E-state index in [1.807, 2.05) is 12.1 Å². The first kappa shape index (κ1) is 10.8. The Balaban J connectivity index is 2.84. The molecule has 1 aromatic heterocycles. The summed E-state index contributed by atoms with van der Waals surface area (Å²) in [4.78, 5) is 1.18. The van der Waals surface area contributed by atoms with Gasteiger partial charge in [-0.05, 0) is 24.1 Å². The SMILES string of the molecule is CC(C)C(=Cc1ccc(Cl)s1)CN. The van der Waals surface area contributed by atoms with Crippen molar-refractivity contribution in [3.05, 3.63) is 26.9 Å². The first-order valence-electron chi connectivity index (χ1n) is 4.29. The van der Waals surface area contributed by atoms with E-state index >= 15 is 0 Å². The van der Waals surface area contributed by atoms with Crippen LogP contribution in [0.15, 0.2) is 17.7 Å². The topological polar surface area (TPSA) is 26.0 Å². The Morgan fingerprint density at radius 3 is 2.69 bits per heavy atom. The van der Waals surface area contributed by atoms with Crippen LogP contribution in [-0.4, -0.2) is 6.54 Å². The number of halogens is 1. The van der Waals surface area contributed by atoms with Crippen LogP contribution in [0.4, 0.5) is 0 Å². The average Bonchev–Trinajstić information content (AvgIpc) is 2.46. The molecule has 1 aromatic rings. The standard InChI is InChI=1S/C10H14ClNS/c1-7(2)8(6-12)5-9-3-4-10(11)13-9/h3-5,7H,6,12H2,1-2H3. The molecule has 0 saturated heterocycles. The van der Waals surface area contributed by atoms with Gasteiger partial charge in [0.25, 0.3) is 0 Å². The van der Waals surface area contributed by atoms with E-state index in [2.05, 4.69) is 19.9 Å². The highest BCUT2D eigenvalue weighted by atomic mass is 35.5. The molecule has 0 aliphatic rings. The molecule has 0 aliphatic heterocycles. The van der Waals surface area contributed by atoms with Gasteiger partial charge >= 0.3 is 0 Å². The molecule has 2 N–H and O–H groups in total. The monoisotopic (exact) mass is 215 g/mol. The molecule has 13 heavy (non-hydrogen) atoms. The van der Waals surface area contributed by atoms with Gasteiger partial charge in [-0.3, -0.25) is 0 Å². The van der Waals surface area contributed by atoms with Crippen LogP contribution >= 0.6 is 22.9 Å². The highest BCUT2D eigenvalue weighted by Gasteiger charge is 2.02. The van der Waals surface area contributed by atoms with Crippen molar-refractivity contribution in [1.29, 1.82) is 0 Å². The maximum atomic E-state index is 5.82. The van der Waals surface area contributed by atoms with Crippen LogP contribution < -0.4 is 5.73 Å². The van der Waals surface area contributed by atoms with Crippen molar-refractivity contribution < 1.29 is 0 Å². The van der Waals surface area contributed by atoms with E-state index in [9.17, 15) is 0 Å². The quantitative estimate of drug-likeness (QED) is 0.822. The van der Waals surface area contributed by atoms with Gasteiger partial charge in [-0.25, -0.2) is 0 Å². The molecule has 0 aromatic carbocycles.